The van der Waals surface area contributed by atoms with E-state index in [1.54, 1.807) is 24.3 Å². The molecule has 1 aliphatic heterocycles. The minimum atomic E-state index is -2.40. The molecule has 5 rings (SSSR count). The summed E-state index contributed by atoms with van der Waals surface area (Å²) in [5, 5.41) is 4.56. The molecule has 1 fully saturated rings. The number of rotatable bonds is 6. The Kier molecular flexibility index (Phi) is 7.81. The maximum Gasteiger partial charge on any atom is 0.142 e. The predicted molar refractivity (Wildman–Crippen MR) is 149 cm³/mol. The maximum absolute atomic E-state index is 13.4. The van der Waals surface area contributed by atoms with E-state index in [1.807, 2.05) is 12.1 Å². The van der Waals surface area contributed by atoms with E-state index in [-0.39, 0.29) is 12.4 Å². The molecule has 7 nitrogen and oxygen atoms in total. The Morgan fingerprint density at radius 2 is 1.97 bits per heavy atom. The molecule has 0 atom stereocenters. The van der Waals surface area contributed by atoms with E-state index in [1.165, 1.54) is 29.8 Å². The van der Waals surface area contributed by atoms with Gasteiger partial charge in [0, 0.05) is 18.8 Å². The summed E-state index contributed by atoms with van der Waals surface area (Å²) in [6.07, 6.45) is 1.50. The summed E-state index contributed by atoms with van der Waals surface area (Å²) in [6, 6.07) is 13.5. The molecule has 0 aliphatic carbocycles. The third-order valence-corrected chi connectivity index (χ3v) is 8.72. The normalized spacial score (nSPS) is 16.1. The summed E-state index contributed by atoms with van der Waals surface area (Å²) in [4.78, 5) is 12.6. The number of hydrogen-bond acceptors (Lipinski definition) is 8. The first kappa shape index (κ1) is 25.7. The van der Waals surface area contributed by atoms with Gasteiger partial charge in [0.05, 0.1) is 33.3 Å². The van der Waals surface area contributed by atoms with Crippen LogP contribution in [0.1, 0.15) is 10.4 Å². The zero-order chi connectivity index (χ0) is 25.8. The quantitative estimate of drug-likeness (QED) is 0.242. The summed E-state index contributed by atoms with van der Waals surface area (Å²) in [5.41, 5.74) is 1.45. The molecule has 3 N–H and O–H groups in total. The molecule has 0 amide bonds. The van der Waals surface area contributed by atoms with Crippen molar-refractivity contribution in [1.29, 1.82) is 0 Å². The first-order valence-corrected chi connectivity index (χ1v) is 14.6. The standard InChI is InChI=1S/C26H24ClFN4O3S2/c27-23-14-20(6-7-24(23)35-16-18-3-1-4-19(28)13-18)31-25-22-15-21(36-26(22)30-17-29-25)5-2-8-32-9-11-37(33,34)12-10-32/h1,3-4,6-7,13-15,17,33-34H,8-12,16H2,(H,29,30,31). The molecule has 2 aromatic carbocycles. The fourth-order valence-electron chi connectivity index (χ4n) is 3.80. The number of nitrogens with one attached hydrogen (secondary N) is 1. The molecule has 11 heteroatoms. The van der Waals surface area contributed by atoms with Gasteiger partial charge in [-0.2, -0.15) is 10.6 Å². The van der Waals surface area contributed by atoms with Gasteiger partial charge < -0.3 is 10.1 Å². The first-order chi connectivity index (χ1) is 17.8. The van der Waals surface area contributed by atoms with Gasteiger partial charge in [-0.05, 0) is 42.0 Å². The second-order valence-electron chi connectivity index (χ2n) is 8.53. The summed E-state index contributed by atoms with van der Waals surface area (Å²) in [7, 11) is -2.40. The molecule has 0 bridgehead atoms. The van der Waals surface area contributed by atoms with E-state index in [2.05, 4.69) is 32.0 Å². The van der Waals surface area contributed by atoms with E-state index in [0.717, 1.165) is 20.8 Å². The van der Waals surface area contributed by atoms with Crippen molar-refractivity contribution in [3.05, 3.63) is 76.1 Å². The second kappa shape index (κ2) is 11.2. The summed E-state index contributed by atoms with van der Waals surface area (Å²) < 4.78 is 38.6. The van der Waals surface area contributed by atoms with Crippen molar-refractivity contribution in [2.24, 2.45) is 0 Å². The Balaban J connectivity index is 1.24. The van der Waals surface area contributed by atoms with Crippen molar-refractivity contribution in [2.75, 3.05) is 36.5 Å². The molecule has 192 valence electrons. The van der Waals surface area contributed by atoms with E-state index in [9.17, 15) is 13.5 Å². The van der Waals surface area contributed by atoms with Crippen molar-refractivity contribution < 1.29 is 18.2 Å². The predicted octanol–water partition coefficient (Wildman–Crippen LogP) is 6.22. The SMILES string of the molecule is OS1(O)CCN(CC#Cc2cc3c(Nc4ccc(OCc5cccc(F)c5)c(Cl)c4)ncnc3s2)CC1. The van der Waals surface area contributed by atoms with Gasteiger partial charge in [-0.1, -0.05) is 35.6 Å². The average Bonchev–Trinajstić information content (AvgIpc) is 3.29. The Morgan fingerprint density at radius 1 is 1.14 bits per heavy atom. The highest BCUT2D eigenvalue weighted by Crippen LogP contribution is 2.40. The minimum Gasteiger partial charge on any atom is -0.487 e. The monoisotopic (exact) mass is 558 g/mol. The molecule has 4 aromatic rings. The number of anilines is 2. The largest absolute Gasteiger partial charge is 0.487 e. The number of thiophene rings is 1. The van der Waals surface area contributed by atoms with Gasteiger partial charge in [0.2, 0.25) is 0 Å². The Bertz CT molecular complexity index is 1480. The number of hydrogen-bond donors (Lipinski definition) is 3. The second-order valence-corrected chi connectivity index (χ2v) is 12.4. The molecule has 0 saturated carbocycles. The highest BCUT2D eigenvalue weighted by Gasteiger charge is 2.21. The lowest BCUT2D eigenvalue weighted by atomic mass is 10.2. The van der Waals surface area contributed by atoms with Crippen LogP contribution in [0.15, 0.2) is 54.9 Å². The Morgan fingerprint density at radius 3 is 2.76 bits per heavy atom. The van der Waals surface area contributed by atoms with Crippen LogP contribution in [0.3, 0.4) is 0 Å². The van der Waals surface area contributed by atoms with Crippen molar-refractivity contribution >= 4 is 55.2 Å². The average molecular weight is 559 g/mol. The minimum absolute atomic E-state index is 0.206. The lowest BCUT2D eigenvalue weighted by Crippen LogP contribution is -2.38. The topological polar surface area (TPSA) is 90.7 Å². The molecule has 0 unspecified atom stereocenters. The van der Waals surface area contributed by atoms with Crippen LogP contribution in [0.4, 0.5) is 15.9 Å². The Labute approximate surface area is 224 Å². The zero-order valence-electron chi connectivity index (χ0n) is 19.7. The fraction of sp³-hybridized carbons (Fsp3) is 0.231. The van der Waals surface area contributed by atoms with Crippen LogP contribution in [0.25, 0.3) is 10.2 Å². The van der Waals surface area contributed by atoms with Crippen LogP contribution >= 0.6 is 33.5 Å². The third-order valence-electron chi connectivity index (χ3n) is 5.79. The molecular formula is C26H24ClFN4O3S2. The van der Waals surface area contributed by atoms with Gasteiger partial charge in [0.15, 0.2) is 0 Å². The van der Waals surface area contributed by atoms with Crippen LogP contribution in [-0.4, -0.2) is 55.1 Å². The third kappa shape index (κ3) is 6.70. The smallest absolute Gasteiger partial charge is 0.142 e. The van der Waals surface area contributed by atoms with Crippen molar-refractivity contribution in [2.45, 2.75) is 6.61 Å². The van der Waals surface area contributed by atoms with Crippen LogP contribution in [0.2, 0.25) is 5.02 Å². The molecule has 37 heavy (non-hydrogen) atoms. The van der Waals surface area contributed by atoms with Gasteiger partial charge >= 0.3 is 0 Å². The summed E-state index contributed by atoms with van der Waals surface area (Å²) >= 11 is 7.92. The number of nitrogens with zero attached hydrogens (tertiary/aromatic N) is 3. The molecule has 2 aromatic heterocycles. The fourth-order valence-corrected chi connectivity index (χ4v) is 6.21. The molecule has 1 aliphatic rings. The van der Waals surface area contributed by atoms with Gasteiger partial charge in [-0.15, -0.1) is 11.3 Å². The van der Waals surface area contributed by atoms with Gasteiger partial charge in [-0.25, -0.2) is 14.4 Å². The number of aromatic nitrogens is 2. The number of halogens is 2. The van der Waals surface area contributed by atoms with Crippen molar-refractivity contribution in [3.8, 4) is 17.6 Å². The van der Waals surface area contributed by atoms with Crippen molar-refractivity contribution in [3.63, 3.8) is 0 Å². The van der Waals surface area contributed by atoms with Crippen LogP contribution in [0, 0.1) is 17.7 Å². The molecule has 0 radical (unpaired) electrons. The Hall–Kier alpha value is -2.91. The van der Waals surface area contributed by atoms with Crippen LogP contribution in [-0.2, 0) is 6.61 Å². The number of benzene rings is 2. The van der Waals surface area contributed by atoms with E-state index in [4.69, 9.17) is 16.3 Å². The van der Waals surface area contributed by atoms with E-state index >= 15 is 0 Å². The molecule has 0 spiro atoms. The molecule has 3 heterocycles. The molecule has 1 saturated heterocycles. The van der Waals surface area contributed by atoms with E-state index < -0.39 is 10.6 Å². The first-order valence-electron chi connectivity index (χ1n) is 11.5. The van der Waals surface area contributed by atoms with Crippen LogP contribution in [0.5, 0.6) is 5.75 Å². The molecular weight excluding hydrogens is 535 g/mol. The lowest BCUT2D eigenvalue weighted by Gasteiger charge is -2.40. The summed E-state index contributed by atoms with van der Waals surface area (Å²) in [6.45, 7) is 2.06. The van der Waals surface area contributed by atoms with E-state index in [0.29, 0.717) is 53.3 Å². The number of ether oxygens (including phenoxy) is 1. The zero-order valence-corrected chi connectivity index (χ0v) is 22.0. The highest BCUT2D eigenvalue weighted by atomic mass is 35.5. The van der Waals surface area contributed by atoms with Gasteiger partial charge in [0.1, 0.15) is 35.1 Å². The summed E-state index contributed by atoms with van der Waals surface area (Å²) in [5.74, 6) is 8.02. The van der Waals surface area contributed by atoms with Gasteiger partial charge in [0.25, 0.3) is 0 Å². The highest BCUT2D eigenvalue weighted by molar-refractivity contribution is 8.24. The van der Waals surface area contributed by atoms with Crippen molar-refractivity contribution in [1.82, 2.24) is 14.9 Å². The number of fused-ring (bicyclic) bond motifs is 1. The van der Waals surface area contributed by atoms with Crippen LogP contribution < -0.4 is 10.1 Å². The van der Waals surface area contributed by atoms with Gasteiger partial charge in [-0.3, -0.25) is 14.0 Å². The maximum atomic E-state index is 13.4. The lowest BCUT2D eigenvalue weighted by molar-refractivity contribution is 0.306.